The lowest BCUT2D eigenvalue weighted by molar-refractivity contribution is -0.918. The van der Waals surface area contributed by atoms with Crippen molar-refractivity contribution in [3.63, 3.8) is 0 Å². The van der Waals surface area contributed by atoms with E-state index in [1.807, 2.05) is 23.2 Å². The first-order valence-corrected chi connectivity index (χ1v) is 8.60. The van der Waals surface area contributed by atoms with Crippen LogP contribution in [-0.4, -0.2) is 42.3 Å². The molecule has 2 aromatic carbocycles. The average molecular weight is 360 g/mol. The minimum absolute atomic E-state index is 0.0780. The Bertz CT molecular complexity index is 773. The molecule has 0 bridgehead atoms. The number of rotatable bonds is 5. The summed E-state index contributed by atoms with van der Waals surface area (Å²) in [5, 5.41) is 18.2. The van der Waals surface area contributed by atoms with Gasteiger partial charge in [-0.3, -0.25) is 15.1 Å². The van der Waals surface area contributed by atoms with Crippen molar-refractivity contribution in [3.8, 4) is 0 Å². The molecule has 0 aromatic heterocycles. The average Bonchev–Trinajstić information content (AvgIpc) is 2.63. The van der Waals surface area contributed by atoms with Crippen LogP contribution in [0.3, 0.4) is 0 Å². The van der Waals surface area contributed by atoms with Crippen molar-refractivity contribution < 1.29 is 9.82 Å². The molecular formula is C18H20ClN4O2+. The third-order valence-electron chi connectivity index (χ3n) is 4.34. The summed E-state index contributed by atoms with van der Waals surface area (Å²) >= 11 is 6.23. The standard InChI is InChI=1S/C18H19ClN4O2/c19-17-7-3-1-6-16(17)14-21-9-11-22(12-10-21)20-13-15-5-2-4-8-18(15)23(24)25/h1-8,13H,9-12,14H2/p+1. The fourth-order valence-electron chi connectivity index (χ4n) is 2.92. The van der Waals surface area contributed by atoms with E-state index in [1.54, 1.807) is 24.4 Å². The maximum absolute atomic E-state index is 11.0. The molecule has 0 amide bonds. The summed E-state index contributed by atoms with van der Waals surface area (Å²) in [5.41, 5.74) is 1.77. The Balaban J connectivity index is 1.56. The Morgan fingerprint density at radius 3 is 2.56 bits per heavy atom. The van der Waals surface area contributed by atoms with Gasteiger partial charge in [-0.1, -0.05) is 41.9 Å². The van der Waals surface area contributed by atoms with Gasteiger partial charge in [0.2, 0.25) is 0 Å². The van der Waals surface area contributed by atoms with Crippen LogP contribution in [-0.2, 0) is 6.54 Å². The molecule has 25 heavy (non-hydrogen) atoms. The highest BCUT2D eigenvalue weighted by atomic mass is 35.5. The number of piperazine rings is 1. The minimum atomic E-state index is -0.382. The van der Waals surface area contributed by atoms with Crippen LogP contribution in [0.2, 0.25) is 5.02 Å². The Kier molecular flexibility index (Phi) is 5.63. The summed E-state index contributed by atoms with van der Waals surface area (Å²) < 4.78 is 0. The number of nitrogens with zero attached hydrogens (tertiary/aromatic N) is 3. The second-order valence-corrected chi connectivity index (χ2v) is 6.44. The summed E-state index contributed by atoms with van der Waals surface area (Å²) in [7, 11) is 0. The molecular weight excluding hydrogens is 340 g/mol. The van der Waals surface area contributed by atoms with E-state index in [1.165, 1.54) is 11.0 Å². The smallest absolute Gasteiger partial charge is 0.278 e. The van der Waals surface area contributed by atoms with Crippen LogP contribution in [0.4, 0.5) is 5.69 Å². The molecule has 0 saturated carbocycles. The van der Waals surface area contributed by atoms with Crippen LogP contribution >= 0.6 is 11.6 Å². The number of hydrogen-bond donors (Lipinski definition) is 1. The lowest BCUT2D eigenvalue weighted by atomic mass is 10.2. The maximum atomic E-state index is 11.0. The zero-order valence-corrected chi connectivity index (χ0v) is 14.5. The SMILES string of the molecule is O=[N+]([O-])c1ccccc1C=NN1CC[NH+](Cc2ccccc2Cl)CC1. The molecule has 0 spiro atoms. The first-order chi connectivity index (χ1) is 12.1. The first-order valence-electron chi connectivity index (χ1n) is 8.23. The molecule has 1 fully saturated rings. The predicted octanol–water partition coefficient (Wildman–Crippen LogP) is 1.98. The van der Waals surface area contributed by atoms with Crippen LogP contribution in [0, 0.1) is 10.1 Å². The molecule has 130 valence electrons. The quantitative estimate of drug-likeness (QED) is 0.504. The second kappa shape index (κ2) is 8.09. The highest BCUT2D eigenvalue weighted by Crippen LogP contribution is 2.16. The molecule has 2 aromatic rings. The number of hydrogen-bond acceptors (Lipinski definition) is 4. The van der Waals surface area contributed by atoms with Crippen molar-refractivity contribution in [1.82, 2.24) is 5.01 Å². The zero-order valence-electron chi connectivity index (χ0n) is 13.8. The number of nitro groups is 1. The van der Waals surface area contributed by atoms with E-state index in [0.29, 0.717) is 5.56 Å². The molecule has 7 heteroatoms. The molecule has 0 aliphatic carbocycles. The van der Waals surface area contributed by atoms with Crippen LogP contribution in [0.15, 0.2) is 53.6 Å². The number of nitrogens with one attached hydrogen (secondary N) is 1. The largest absolute Gasteiger partial charge is 0.328 e. The monoisotopic (exact) mass is 359 g/mol. The van der Waals surface area contributed by atoms with Gasteiger partial charge in [0.05, 0.1) is 42.9 Å². The highest BCUT2D eigenvalue weighted by molar-refractivity contribution is 6.31. The van der Waals surface area contributed by atoms with Gasteiger partial charge in [0, 0.05) is 16.7 Å². The van der Waals surface area contributed by atoms with Gasteiger partial charge < -0.3 is 4.90 Å². The Morgan fingerprint density at radius 2 is 1.84 bits per heavy atom. The molecule has 1 heterocycles. The molecule has 1 saturated heterocycles. The number of halogens is 1. The molecule has 1 aliphatic rings. The fraction of sp³-hybridized carbons (Fsp3) is 0.278. The fourth-order valence-corrected chi connectivity index (χ4v) is 3.12. The van der Waals surface area contributed by atoms with E-state index in [9.17, 15) is 10.1 Å². The van der Waals surface area contributed by atoms with Crippen LogP contribution < -0.4 is 4.90 Å². The first kappa shape index (κ1) is 17.4. The van der Waals surface area contributed by atoms with E-state index < -0.39 is 0 Å². The van der Waals surface area contributed by atoms with Gasteiger partial charge in [0.1, 0.15) is 6.54 Å². The van der Waals surface area contributed by atoms with Crippen molar-refractivity contribution >= 4 is 23.5 Å². The van der Waals surface area contributed by atoms with E-state index >= 15 is 0 Å². The molecule has 0 atom stereocenters. The maximum Gasteiger partial charge on any atom is 0.278 e. The van der Waals surface area contributed by atoms with Gasteiger partial charge in [-0.2, -0.15) is 5.10 Å². The van der Waals surface area contributed by atoms with Gasteiger partial charge in [-0.05, 0) is 12.1 Å². The summed E-state index contributed by atoms with van der Waals surface area (Å²) in [5.74, 6) is 0. The van der Waals surface area contributed by atoms with Crippen molar-refractivity contribution in [3.05, 3.63) is 74.8 Å². The Morgan fingerprint density at radius 1 is 1.16 bits per heavy atom. The highest BCUT2D eigenvalue weighted by Gasteiger charge is 2.20. The van der Waals surface area contributed by atoms with Gasteiger partial charge >= 0.3 is 0 Å². The van der Waals surface area contributed by atoms with E-state index in [-0.39, 0.29) is 10.6 Å². The number of nitro benzene ring substituents is 1. The number of benzene rings is 2. The van der Waals surface area contributed by atoms with Crippen molar-refractivity contribution in [2.75, 3.05) is 26.2 Å². The van der Waals surface area contributed by atoms with Crippen molar-refractivity contribution in [2.24, 2.45) is 5.10 Å². The van der Waals surface area contributed by atoms with Crippen LogP contribution in [0.25, 0.3) is 0 Å². The summed E-state index contributed by atoms with van der Waals surface area (Å²) in [6.45, 7) is 4.45. The molecule has 3 rings (SSSR count). The molecule has 1 N–H and O–H groups in total. The normalized spacial score (nSPS) is 15.6. The summed E-state index contributed by atoms with van der Waals surface area (Å²) in [6.07, 6.45) is 1.58. The zero-order chi connectivity index (χ0) is 17.6. The van der Waals surface area contributed by atoms with Gasteiger partial charge in [-0.15, -0.1) is 0 Å². The number of hydrazone groups is 1. The summed E-state index contributed by atoms with van der Waals surface area (Å²) in [4.78, 5) is 12.1. The van der Waals surface area contributed by atoms with Gasteiger partial charge in [-0.25, -0.2) is 0 Å². The third kappa shape index (κ3) is 4.55. The lowest BCUT2D eigenvalue weighted by Crippen LogP contribution is -3.13. The van der Waals surface area contributed by atoms with Crippen molar-refractivity contribution in [2.45, 2.75) is 6.54 Å². The van der Waals surface area contributed by atoms with E-state index in [0.717, 1.165) is 43.3 Å². The summed E-state index contributed by atoms with van der Waals surface area (Å²) in [6, 6.07) is 14.6. The number of para-hydroxylation sites is 1. The molecule has 6 nitrogen and oxygen atoms in total. The third-order valence-corrected chi connectivity index (χ3v) is 4.71. The van der Waals surface area contributed by atoms with Crippen LogP contribution in [0.1, 0.15) is 11.1 Å². The Hall–Kier alpha value is -2.44. The molecule has 0 radical (unpaired) electrons. The number of quaternary nitrogens is 1. The van der Waals surface area contributed by atoms with Gasteiger partial charge in [0.25, 0.3) is 5.69 Å². The second-order valence-electron chi connectivity index (χ2n) is 6.03. The molecule has 1 aliphatic heterocycles. The lowest BCUT2D eigenvalue weighted by Gasteiger charge is -2.30. The minimum Gasteiger partial charge on any atom is -0.328 e. The Labute approximate surface area is 151 Å². The van der Waals surface area contributed by atoms with Crippen LogP contribution in [0.5, 0.6) is 0 Å². The predicted molar refractivity (Wildman–Crippen MR) is 98.1 cm³/mol. The van der Waals surface area contributed by atoms with E-state index in [4.69, 9.17) is 11.6 Å². The molecule has 0 unspecified atom stereocenters. The van der Waals surface area contributed by atoms with E-state index in [2.05, 4.69) is 11.2 Å². The van der Waals surface area contributed by atoms with Gasteiger partial charge in [0.15, 0.2) is 0 Å². The topological polar surface area (TPSA) is 63.2 Å². The van der Waals surface area contributed by atoms with Crippen molar-refractivity contribution in [1.29, 1.82) is 0 Å².